The van der Waals surface area contributed by atoms with Gasteiger partial charge in [-0.2, -0.15) is 0 Å². The molecule has 7 heteroatoms. The lowest BCUT2D eigenvalue weighted by molar-refractivity contribution is -0.961. The molecular formula is C14H19ClN3O3+. The third kappa shape index (κ3) is 4.70. The van der Waals surface area contributed by atoms with Crippen LogP contribution in [0, 0.1) is 0 Å². The van der Waals surface area contributed by atoms with Gasteiger partial charge in [-0.25, -0.2) is 0 Å². The fourth-order valence-electron chi connectivity index (χ4n) is 2.55. The largest absolute Gasteiger partial charge is 0.544 e. The highest BCUT2D eigenvalue weighted by Gasteiger charge is 2.29. The third-order valence-electron chi connectivity index (χ3n) is 3.61. The Balaban J connectivity index is 1.96. The Morgan fingerprint density at radius 1 is 1.38 bits per heavy atom. The molecule has 1 atom stereocenters. The molecular weight excluding hydrogens is 294 g/mol. The molecule has 21 heavy (non-hydrogen) atoms. The lowest BCUT2D eigenvalue weighted by atomic mass is 10.1. The van der Waals surface area contributed by atoms with Crippen molar-refractivity contribution in [2.24, 2.45) is 0 Å². The van der Waals surface area contributed by atoms with Crippen LogP contribution >= 0.6 is 11.6 Å². The van der Waals surface area contributed by atoms with Gasteiger partial charge in [-0.3, -0.25) is 4.79 Å². The van der Waals surface area contributed by atoms with Gasteiger partial charge in [0.1, 0.15) is 32.2 Å². The molecule has 0 aliphatic carbocycles. The van der Waals surface area contributed by atoms with Crippen LogP contribution in [0.4, 0.5) is 5.69 Å². The van der Waals surface area contributed by atoms with Crippen LogP contribution in [0.2, 0.25) is 5.02 Å². The first-order valence-electron chi connectivity index (χ1n) is 6.99. The van der Waals surface area contributed by atoms with Crippen LogP contribution in [0.5, 0.6) is 0 Å². The molecule has 1 aromatic rings. The van der Waals surface area contributed by atoms with E-state index in [1.54, 1.807) is 24.3 Å². The number of nitrogens with two attached hydrogens (primary N) is 1. The second kappa shape index (κ2) is 7.40. The van der Waals surface area contributed by atoms with Gasteiger partial charge in [0.15, 0.2) is 0 Å². The minimum absolute atomic E-state index is 0.0931. The van der Waals surface area contributed by atoms with E-state index in [-0.39, 0.29) is 12.3 Å². The van der Waals surface area contributed by atoms with Crippen molar-refractivity contribution in [1.82, 2.24) is 0 Å². The summed E-state index contributed by atoms with van der Waals surface area (Å²) in [6.45, 7) is 3.19. The highest BCUT2D eigenvalue weighted by atomic mass is 35.5. The molecule has 0 bridgehead atoms. The van der Waals surface area contributed by atoms with Crippen LogP contribution < -0.4 is 20.6 Å². The smallest absolute Gasteiger partial charge is 0.230 e. The number of aliphatic carboxylic acids is 1. The van der Waals surface area contributed by atoms with Crippen LogP contribution in [-0.4, -0.2) is 44.1 Å². The number of carboxylic acid groups (broad SMARTS) is 1. The molecule has 1 aromatic carbocycles. The summed E-state index contributed by atoms with van der Waals surface area (Å²) in [4.78, 5) is 24.2. The first kappa shape index (κ1) is 15.8. The molecule has 4 N–H and O–H groups in total. The fraction of sp³-hybridized carbons (Fsp3) is 0.429. The van der Waals surface area contributed by atoms with Crippen molar-refractivity contribution in [3.63, 3.8) is 0 Å². The maximum absolute atomic E-state index is 12.0. The number of carbonyl (C=O) groups excluding carboxylic acids is 2. The number of hydrogen-bond donors (Lipinski definition) is 3. The van der Waals surface area contributed by atoms with E-state index in [2.05, 4.69) is 10.6 Å². The molecule has 1 aliphatic rings. The number of benzene rings is 1. The molecule has 0 saturated carbocycles. The second-order valence-corrected chi connectivity index (χ2v) is 5.59. The minimum Gasteiger partial charge on any atom is -0.544 e. The summed E-state index contributed by atoms with van der Waals surface area (Å²) in [5.41, 5.74) is 0.562. The molecule has 0 spiro atoms. The monoisotopic (exact) mass is 312 g/mol. The second-order valence-electron chi connectivity index (χ2n) is 5.16. The Kier molecular flexibility index (Phi) is 5.55. The van der Waals surface area contributed by atoms with Crippen molar-refractivity contribution in [2.75, 3.05) is 31.5 Å². The summed E-state index contributed by atoms with van der Waals surface area (Å²) in [5, 5.41) is 16.6. The van der Waals surface area contributed by atoms with E-state index in [4.69, 9.17) is 11.6 Å². The molecule has 6 nitrogen and oxygen atoms in total. The zero-order chi connectivity index (χ0) is 15.2. The van der Waals surface area contributed by atoms with Crippen LogP contribution in [0.3, 0.4) is 0 Å². The van der Waals surface area contributed by atoms with Crippen molar-refractivity contribution < 1.29 is 24.9 Å². The topological polar surface area (TPSA) is 90.3 Å². The summed E-state index contributed by atoms with van der Waals surface area (Å²) in [6.07, 6.45) is -0.0931. The normalized spacial score (nSPS) is 17.2. The number of carbonyl (C=O) groups is 2. The van der Waals surface area contributed by atoms with Gasteiger partial charge in [0.2, 0.25) is 5.91 Å². The summed E-state index contributed by atoms with van der Waals surface area (Å²) in [6, 6.07) is 5.95. The SMILES string of the molecule is O=C(C[C@H](C(=O)[O-])[NH+]1CC[NH2+]CC1)Nc1cccc(Cl)c1. The standard InChI is InChI=1S/C14H18ClN3O3/c15-10-2-1-3-11(8-10)17-13(19)9-12(14(20)21)18-6-4-16-5-7-18/h1-3,8,12,16H,4-7,9H2,(H,17,19)(H,20,21)/p+1/t12-/m1/s1. The van der Waals surface area contributed by atoms with Crippen LogP contribution in [0.15, 0.2) is 24.3 Å². The minimum atomic E-state index is -1.17. The molecule has 0 radical (unpaired) electrons. The third-order valence-corrected chi connectivity index (χ3v) is 3.85. The highest BCUT2D eigenvalue weighted by Crippen LogP contribution is 2.15. The number of rotatable bonds is 5. The van der Waals surface area contributed by atoms with E-state index >= 15 is 0 Å². The summed E-state index contributed by atoms with van der Waals surface area (Å²) >= 11 is 5.84. The number of halogens is 1. The Morgan fingerprint density at radius 3 is 2.71 bits per heavy atom. The van der Waals surface area contributed by atoms with Crippen molar-refractivity contribution in [3.8, 4) is 0 Å². The molecule has 1 saturated heterocycles. The van der Waals surface area contributed by atoms with Crippen LogP contribution in [-0.2, 0) is 9.59 Å². The summed E-state index contributed by atoms with van der Waals surface area (Å²) < 4.78 is 0. The van der Waals surface area contributed by atoms with Gasteiger partial charge >= 0.3 is 0 Å². The number of amides is 1. The number of piperazine rings is 1. The summed E-state index contributed by atoms with van der Waals surface area (Å²) in [5.74, 6) is -1.51. The van der Waals surface area contributed by atoms with Gasteiger partial charge in [0.05, 0.1) is 12.4 Å². The highest BCUT2D eigenvalue weighted by molar-refractivity contribution is 6.30. The zero-order valence-corrected chi connectivity index (χ0v) is 12.4. The predicted molar refractivity (Wildman–Crippen MR) is 75.8 cm³/mol. The van der Waals surface area contributed by atoms with E-state index in [9.17, 15) is 14.7 Å². The molecule has 2 rings (SSSR count). The number of quaternary nitrogens is 2. The number of anilines is 1. The molecule has 114 valence electrons. The molecule has 1 aliphatic heterocycles. The molecule has 1 fully saturated rings. The lowest BCUT2D eigenvalue weighted by Gasteiger charge is -2.30. The van der Waals surface area contributed by atoms with Crippen LogP contribution in [0.1, 0.15) is 6.42 Å². The number of hydrogen-bond acceptors (Lipinski definition) is 3. The predicted octanol–water partition coefficient (Wildman–Crippen LogP) is -2.75. The number of nitrogens with one attached hydrogen (secondary N) is 2. The molecule has 0 unspecified atom stereocenters. The first-order valence-corrected chi connectivity index (χ1v) is 7.36. The Bertz CT molecular complexity index is 518. The van der Waals surface area contributed by atoms with Gasteiger partial charge in [-0.05, 0) is 18.2 Å². The lowest BCUT2D eigenvalue weighted by Crippen LogP contribution is -3.24. The number of carboxylic acids is 1. The molecule has 0 aromatic heterocycles. The Labute approximate surface area is 128 Å². The Morgan fingerprint density at radius 2 is 2.10 bits per heavy atom. The first-order chi connectivity index (χ1) is 10.1. The van der Waals surface area contributed by atoms with Crippen molar-refractivity contribution >= 4 is 29.2 Å². The van der Waals surface area contributed by atoms with E-state index in [1.807, 2.05) is 0 Å². The van der Waals surface area contributed by atoms with Crippen molar-refractivity contribution in [1.29, 1.82) is 0 Å². The average Bonchev–Trinajstić information content (AvgIpc) is 2.45. The van der Waals surface area contributed by atoms with E-state index in [1.165, 1.54) is 0 Å². The molecule has 1 amide bonds. The van der Waals surface area contributed by atoms with E-state index < -0.39 is 12.0 Å². The van der Waals surface area contributed by atoms with Gasteiger partial charge in [-0.15, -0.1) is 0 Å². The zero-order valence-electron chi connectivity index (χ0n) is 11.6. The quantitative estimate of drug-likeness (QED) is 0.550. The maximum atomic E-state index is 12.0. The van der Waals surface area contributed by atoms with Gasteiger partial charge in [-0.1, -0.05) is 17.7 Å². The fourth-order valence-corrected chi connectivity index (χ4v) is 2.74. The Hall–Kier alpha value is -1.63. The van der Waals surface area contributed by atoms with Gasteiger partial charge in [0.25, 0.3) is 0 Å². The summed E-state index contributed by atoms with van der Waals surface area (Å²) in [7, 11) is 0. The van der Waals surface area contributed by atoms with E-state index in [0.29, 0.717) is 10.7 Å². The van der Waals surface area contributed by atoms with Crippen LogP contribution in [0.25, 0.3) is 0 Å². The van der Waals surface area contributed by atoms with Crippen molar-refractivity contribution in [3.05, 3.63) is 29.3 Å². The molecule has 1 heterocycles. The van der Waals surface area contributed by atoms with E-state index in [0.717, 1.165) is 31.1 Å². The van der Waals surface area contributed by atoms with Gasteiger partial charge < -0.3 is 25.4 Å². The average molecular weight is 313 g/mol. The maximum Gasteiger partial charge on any atom is 0.230 e. The van der Waals surface area contributed by atoms with Crippen molar-refractivity contribution in [2.45, 2.75) is 12.5 Å². The van der Waals surface area contributed by atoms with Gasteiger partial charge in [0, 0.05) is 10.7 Å².